The summed E-state index contributed by atoms with van der Waals surface area (Å²) in [6.45, 7) is 4.85. The van der Waals surface area contributed by atoms with Gasteiger partial charge in [-0.25, -0.2) is 0 Å². The van der Waals surface area contributed by atoms with Crippen LogP contribution in [0.5, 0.6) is 5.75 Å². The molecule has 1 aromatic heterocycles. The van der Waals surface area contributed by atoms with Gasteiger partial charge in [0.25, 0.3) is 0 Å². The van der Waals surface area contributed by atoms with E-state index in [1.807, 2.05) is 36.1 Å². The fraction of sp³-hybridized carbons (Fsp3) is 0.412. The lowest BCUT2D eigenvalue weighted by atomic mass is 10.1. The van der Waals surface area contributed by atoms with Crippen molar-refractivity contribution in [2.75, 3.05) is 18.9 Å². The molecule has 116 valence electrons. The molecule has 1 aromatic carbocycles. The maximum absolute atomic E-state index is 11.6. The van der Waals surface area contributed by atoms with Gasteiger partial charge in [0.15, 0.2) is 0 Å². The molecule has 3 rings (SSSR count). The van der Waals surface area contributed by atoms with Crippen molar-refractivity contribution in [1.29, 1.82) is 0 Å². The first-order valence-electron chi connectivity index (χ1n) is 7.62. The third-order valence-corrected chi connectivity index (χ3v) is 4.17. The highest BCUT2D eigenvalue weighted by molar-refractivity contribution is 5.95. The number of fused-ring (bicyclic) bond motifs is 1. The molecule has 2 heterocycles. The second kappa shape index (κ2) is 5.83. The summed E-state index contributed by atoms with van der Waals surface area (Å²) >= 11 is 0. The minimum absolute atomic E-state index is 0.112. The lowest BCUT2D eigenvalue weighted by molar-refractivity contribution is -0.130. The largest absolute Gasteiger partial charge is 0.491 e. The van der Waals surface area contributed by atoms with Crippen molar-refractivity contribution in [3.05, 3.63) is 30.0 Å². The Morgan fingerprint density at radius 2 is 2.32 bits per heavy atom. The van der Waals surface area contributed by atoms with Crippen molar-refractivity contribution in [2.24, 2.45) is 0 Å². The molecule has 1 amide bonds. The second-order valence-corrected chi connectivity index (χ2v) is 5.82. The lowest BCUT2D eigenvalue weighted by Gasteiger charge is -2.23. The summed E-state index contributed by atoms with van der Waals surface area (Å²) in [5.41, 5.74) is 8.53. The van der Waals surface area contributed by atoms with Gasteiger partial charge in [-0.1, -0.05) is 6.07 Å². The number of nitrogens with two attached hydrogens (primary N) is 1. The summed E-state index contributed by atoms with van der Waals surface area (Å²) in [5, 5.41) is 0.848. The van der Waals surface area contributed by atoms with E-state index in [0.717, 1.165) is 41.7 Å². The van der Waals surface area contributed by atoms with Crippen molar-refractivity contribution < 1.29 is 9.53 Å². The Morgan fingerprint density at radius 1 is 1.50 bits per heavy atom. The number of carbonyl (C=O) groups excluding carboxylic acids is 1. The number of aryl methyl sites for hydroxylation is 1. The van der Waals surface area contributed by atoms with Gasteiger partial charge in [-0.2, -0.15) is 0 Å². The smallest absolute Gasteiger partial charge is 0.219 e. The number of rotatable bonds is 3. The number of pyridine rings is 1. The molecular formula is C17H21N3O2. The number of hydrogen-bond acceptors (Lipinski definition) is 4. The molecule has 0 aliphatic carbocycles. The molecule has 5 heteroatoms. The summed E-state index contributed by atoms with van der Waals surface area (Å²) < 4.78 is 5.99. The van der Waals surface area contributed by atoms with Gasteiger partial charge in [-0.3, -0.25) is 9.78 Å². The number of carbonyl (C=O) groups is 1. The van der Waals surface area contributed by atoms with E-state index >= 15 is 0 Å². The van der Waals surface area contributed by atoms with E-state index in [0.29, 0.717) is 12.3 Å². The van der Waals surface area contributed by atoms with Crippen LogP contribution in [0.4, 0.5) is 5.69 Å². The zero-order chi connectivity index (χ0) is 15.7. The lowest BCUT2D eigenvalue weighted by Crippen LogP contribution is -2.37. The number of likely N-dealkylation sites (tertiary alicyclic amines) is 1. The summed E-state index contributed by atoms with van der Waals surface area (Å²) in [5.74, 6) is 0.846. The molecule has 2 N–H and O–H groups in total. The molecule has 1 aliphatic heterocycles. The molecule has 1 fully saturated rings. The number of amides is 1. The van der Waals surface area contributed by atoms with Crippen LogP contribution in [0.15, 0.2) is 24.3 Å². The van der Waals surface area contributed by atoms with E-state index in [9.17, 15) is 4.79 Å². The fourth-order valence-corrected chi connectivity index (χ4v) is 3.15. The van der Waals surface area contributed by atoms with Crippen molar-refractivity contribution in [3.8, 4) is 5.75 Å². The molecular weight excluding hydrogens is 278 g/mol. The average molecular weight is 299 g/mol. The van der Waals surface area contributed by atoms with Crippen LogP contribution >= 0.6 is 0 Å². The van der Waals surface area contributed by atoms with E-state index < -0.39 is 0 Å². The third-order valence-electron chi connectivity index (χ3n) is 4.17. The maximum Gasteiger partial charge on any atom is 0.219 e. The van der Waals surface area contributed by atoms with Crippen molar-refractivity contribution in [3.63, 3.8) is 0 Å². The van der Waals surface area contributed by atoms with Crippen LogP contribution in [-0.2, 0) is 4.79 Å². The topological polar surface area (TPSA) is 68.5 Å². The van der Waals surface area contributed by atoms with E-state index in [-0.39, 0.29) is 11.9 Å². The van der Waals surface area contributed by atoms with Gasteiger partial charge in [0.1, 0.15) is 12.4 Å². The summed E-state index contributed by atoms with van der Waals surface area (Å²) in [7, 11) is 0. The van der Waals surface area contributed by atoms with E-state index in [1.54, 1.807) is 6.92 Å². The van der Waals surface area contributed by atoms with Crippen LogP contribution in [0.25, 0.3) is 10.9 Å². The predicted molar refractivity (Wildman–Crippen MR) is 86.8 cm³/mol. The quantitative estimate of drug-likeness (QED) is 0.945. The van der Waals surface area contributed by atoms with Crippen LogP contribution in [-0.4, -0.2) is 35.0 Å². The Kier molecular flexibility index (Phi) is 3.88. The SMILES string of the molecule is CC(=O)N1CCC[C@@H]1COc1cccc2nc(C)cc(N)c12. The van der Waals surface area contributed by atoms with Gasteiger partial charge in [-0.05, 0) is 38.0 Å². The fourth-order valence-electron chi connectivity index (χ4n) is 3.15. The summed E-state index contributed by atoms with van der Waals surface area (Å²) in [6, 6.07) is 7.76. The molecule has 0 spiro atoms. The normalized spacial score (nSPS) is 17.9. The number of nitrogens with zero attached hydrogens (tertiary/aromatic N) is 2. The molecule has 2 aromatic rings. The van der Waals surface area contributed by atoms with Crippen molar-refractivity contribution in [1.82, 2.24) is 9.88 Å². The minimum atomic E-state index is 0.112. The second-order valence-electron chi connectivity index (χ2n) is 5.82. The van der Waals surface area contributed by atoms with Crippen molar-refractivity contribution >= 4 is 22.5 Å². The number of hydrogen-bond donors (Lipinski definition) is 1. The standard InChI is InChI=1S/C17H21N3O2/c1-11-9-14(18)17-15(19-11)6-3-7-16(17)22-10-13-5-4-8-20(13)12(2)21/h3,6-7,9,13H,4-5,8,10H2,1-2H3,(H2,18,19)/t13-/m1/s1. The molecule has 0 radical (unpaired) electrons. The number of nitrogen functional groups attached to an aromatic ring is 1. The minimum Gasteiger partial charge on any atom is -0.491 e. The Morgan fingerprint density at radius 3 is 3.09 bits per heavy atom. The highest BCUT2D eigenvalue weighted by Gasteiger charge is 2.27. The van der Waals surface area contributed by atoms with Crippen LogP contribution in [0.2, 0.25) is 0 Å². The monoisotopic (exact) mass is 299 g/mol. The molecule has 5 nitrogen and oxygen atoms in total. The van der Waals surface area contributed by atoms with Crippen molar-refractivity contribution in [2.45, 2.75) is 32.7 Å². The van der Waals surface area contributed by atoms with Gasteiger partial charge in [0.05, 0.1) is 16.9 Å². The Labute approximate surface area is 130 Å². The molecule has 0 bridgehead atoms. The highest BCUT2D eigenvalue weighted by atomic mass is 16.5. The Bertz CT molecular complexity index is 714. The molecule has 0 saturated carbocycles. The summed E-state index contributed by atoms with van der Waals surface area (Å²) in [4.78, 5) is 18.0. The van der Waals surface area contributed by atoms with E-state index in [2.05, 4.69) is 4.98 Å². The first-order valence-corrected chi connectivity index (χ1v) is 7.62. The average Bonchev–Trinajstić information content (AvgIpc) is 2.93. The van der Waals surface area contributed by atoms with Gasteiger partial charge in [-0.15, -0.1) is 0 Å². The third kappa shape index (κ3) is 2.71. The molecule has 1 saturated heterocycles. The number of anilines is 1. The Balaban J connectivity index is 1.84. The zero-order valence-corrected chi connectivity index (χ0v) is 13.0. The van der Waals surface area contributed by atoms with E-state index in [4.69, 9.17) is 10.5 Å². The first-order chi connectivity index (χ1) is 10.6. The highest BCUT2D eigenvalue weighted by Crippen LogP contribution is 2.31. The first kappa shape index (κ1) is 14.6. The Hall–Kier alpha value is -2.30. The van der Waals surface area contributed by atoms with Crippen LogP contribution in [0, 0.1) is 6.92 Å². The van der Waals surface area contributed by atoms with Gasteiger partial charge >= 0.3 is 0 Å². The van der Waals surface area contributed by atoms with E-state index in [1.165, 1.54) is 0 Å². The predicted octanol–water partition coefficient (Wildman–Crippen LogP) is 2.52. The van der Waals surface area contributed by atoms with Crippen LogP contribution in [0.3, 0.4) is 0 Å². The molecule has 0 unspecified atom stereocenters. The van der Waals surface area contributed by atoms with Gasteiger partial charge < -0.3 is 15.4 Å². The summed E-state index contributed by atoms with van der Waals surface area (Å²) in [6.07, 6.45) is 2.02. The van der Waals surface area contributed by atoms with Crippen LogP contribution in [0.1, 0.15) is 25.5 Å². The number of ether oxygens (including phenoxy) is 1. The number of benzene rings is 1. The van der Waals surface area contributed by atoms with Gasteiger partial charge in [0, 0.05) is 24.8 Å². The van der Waals surface area contributed by atoms with Crippen LogP contribution < -0.4 is 10.5 Å². The maximum atomic E-state index is 11.6. The van der Waals surface area contributed by atoms with Gasteiger partial charge in [0.2, 0.25) is 5.91 Å². The molecule has 1 aliphatic rings. The molecule has 1 atom stereocenters. The zero-order valence-electron chi connectivity index (χ0n) is 13.0. The molecule has 22 heavy (non-hydrogen) atoms. The number of aromatic nitrogens is 1.